The highest BCUT2D eigenvalue weighted by molar-refractivity contribution is 9.10. The molecule has 0 bridgehead atoms. The number of nitrogens with zero attached hydrogens (tertiary/aromatic N) is 2. The highest BCUT2D eigenvalue weighted by atomic mass is 79.9. The summed E-state index contributed by atoms with van der Waals surface area (Å²) >= 11 is 3.45. The molecule has 0 unspecified atom stereocenters. The van der Waals surface area contributed by atoms with Gasteiger partial charge in [-0.05, 0) is 47.0 Å². The molecule has 212 valence electrons. The molecule has 41 heavy (non-hydrogen) atoms. The van der Waals surface area contributed by atoms with Crippen molar-refractivity contribution in [1.29, 1.82) is 0 Å². The normalized spacial score (nSPS) is 10.8. The molecule has 4 aromatic carbocycles. The predicted molar refractivity (Wildman–Crippen MR) is 164 cm³/mol. The lowest BCUT2D eigenvalue weighted by Gasteiger charge is -2.24. The minimum absolute atomic E-state index is 0.119. The number of rotatable bonds is 14. The molecule has 0 N–H and O–H groups in total. The lowest BCUT2D eigenvalue weighted by atomic mass is 10.1. The molecule has 0 radical (unpaired) electrons. The molecule has 0 aliphatic heterocycles. The Kier molecular flexibility index (Phi) is 11.5. The largest absolute Gasteiger partial charge is 0.492 e. The molecule has 0 spiro atoms. The van der Waals surface area contributed by atoms with E-state index in [1.807, 2.05) is 48.5 Å². The van der Waals surface area contributed by atoms with Crippen molar-refractivity contribution in [3.63, 3.8) is 0 Å². The van der Waals surface area contributed by atoms with E-state index in [9.17, 15) is 9.59 Å². The average Bonchev–Trinajstić information content (AvgIpc) is 3.01. The van der Waals surface area contributed by atoms with Crippen LogP contribution in [0, 0.1) is 0 Å². The maximum absolute atomic E-state index is 13.6. The fourth-order valence-corrected chi connectivity index (χ4v) is 4.75. The first-order valence-corrected chi connectivity index (χ1v) is 14.4. The highest BCUT2D eigenvalue weighted by Crippen LogP contribution is 2.19. The quantitative estimate of drug-likeness (QED) is 0.147. The predicted octanol–water partition coefficient (Wildman–Crippen LogP) is 6.74. The second-order valence-corrected chi connectivity index (χ2v) is 10.7. The van der Waals surface area contributed by atoms with Gasteiger partial charge in [-0.3, -0.25) is 14.5 Å². The third-order valence-corrected chi connectivity index (χ3v) is 7.17. The maximum atomic E-state index is 13.6. The summed E-state index contributed by atoms with van der Waals surface area (Å²) in [7, 11) is 1.35. The zero-order valence-electron chi connectivity index (χ0n) is 23.2. The van der Waals surface area contributed by atoms with Gasteiger partial charge in [-0.15, -0.1) is 0 Å². The summed E-state index contributed by atoms with van der Waals surface area (Å²) in [5.74, 6) is 0.107. The Bertz CT molecular complexity index is 1340. The van der Waals surface area contributed by atoms with Crippen LogP contribution in [0.5, 0.6) is 5.75 Å². The first-order chi connectivity index (χ1) is 20.0. The van der Waals surface area contributed by atoms with E-state index in [2.05, 4.69) is 69.4 Å². The van der Waals surface area contributed by atoms with Gasteiger partial charge in [-0.25, -0.2) is 0 Å². The van der Waals surface area contributed by atoms with Gasteiger partial charge in [0.15, 0.2) is 0 Å². The van der Waals surface area contributed by atoms with Crippen LogP contribution in [-0.4, -0.2) is 48.5 Å². The van der Waals surface area contributed by atoms with Crippen LogP contribution < -0.4 is 4.74 Å². The van der Waals surface area contributed by atoms with E-state index in [4.69, 9.17) is 9.47 Å². The summed E-state index contributed by atoms with van der Waals surface area (Å²) in [6.45, 7) is 3.44. The van der Waals surface area contributed by atoms with Crippen molar-refractivity contribution in [2.24, 2.45) is 0 Å². The molecule has 0 aliphatic carbocycles. The first kappa shape index (κ1) is 30.0. The van der Waals surface area contributed by atoms with Crippen molar-refractivity contribution in [1.82, 2.24) is 9.80 Å². The third-order valence-electron chi connectivity index (χ3n) is 6.64. The Morgan fingerprint density at radius 2 is 1.32 bits per heavy atom. The lowest BCUT2D eigenvalue weighted by molar-refractivity contribution is -0.140. The van der Waals surface area contributed by atoms with Crippen molar-refractivity contribution in [3.8, 4) is 5.75 Å². The van der Waals surface area contributed by atoms with Crippen molar-refractivity contribution in [2.45, 2.75) is 26.1 Å². The molecular weight excluding hydrogens is 580 g/mol. The highest BCUT2D eigenvalue weighted by Gasteiger charge is 2.19. The van der Waals surface area contributed by atoms with Crippen LogP contribution >= 0.6 is 15.9 Å². The number of esters is 1. The van der Waals surface area contributed by atoms with Crippen LogP contribution in [0.2, 0.25) is 0 Å². The maximum Gasteiger partial charge on any atom is 0.307 e. The molecular formula is C34H35BrN2O4. The molecule has 6 nitrogen and oxygen atoms in total. The topological polar surface area (TPSA) is 59.1 Å². The number of amides is 1. The molecule has 0 heterocycles. The van der Waals surface area contributed by atoms with Crippen molar-refractivity contribution >= 4 is 27.8 Å². The van der Waals surface area contributed by atoms with Crippen molar-refractivity contribution in [2.75, 3.05) is 26.8 Å². The standard InChI is InChI=1S/C34H35BrN2O4/c1-40-33(38)19-20-37(26-29-15-17-31(35)18-16-29)34(39)30-13-8-14-32(23-30)41-22-21-36(24-27-9-4-2-5-10-27)25-28-11-6-3-7-12-28/h2-18,23H,19-22,24-26H2,1H3. The lowest BCUT2D eigenvalue weighted by Crippen LogP contribution is -2.32. The van der Waals surface area contributed by atoms with Crippen LogP contribution in [0.3, 0.4) is 0 Å². The van der Waals surface area contributed by atoms with E-state index in [0.29, 0.717) is 24.5 Å². The molecule has 1 amide bonds. The first-order valence-electron chi connectivity index (χ1n) is 13.6. The van der Waals surface area contributed by atoms with Gasteiger partial charge in [0.2, 0.25) is 0 Å². The van der Waals surface area contributed by atoms with E-state index < -0.39 is 0 Å². The van der Waals surface area contributed by atoms with Gasteiger partial charge in [0.05, 0.1) is 13.5 Å². The van der Waals surface area contributed by atoms with E-state index in [1.165, 1.54) is 18.2 Å². The summed E-state index contributed by atoms with van der Waals surface area (Å²) in [5.41, 5.74) is 3.97. The summed E-state index contributed by atoms with van der Waals surface area (Å²) in [6, 6.07) is 35.8. The number of hydrogen-bond acceptors (Lipinski definition) is 5. The van der Waals surface area contributed by atoms with Crippen LogP contribution in [-0.2, 0) is 29.2 Å². The summed E-state index contributed by atoms with van der Waals surface area (Å²) in [4.78, 5) is 29.4. The second-order valence-electron chi connectivity index (χ2n) is 9.74. The zero-order valence-corrected chi connectivity index (χ0v) is 24.8. The molecule has 0 saturated carbocycles. The molecule has 7 heteroatoms. The Hall–Kier alpha value is -3.94. The Morgan fingerprint density at radius 1 is 0.707 bits per heavy atom. The zero-order chi connectivity index (χ0) is 28.9. The van der Waals surface area contributed by atoms with Gasteiger partial charge in [0.1, 0.15) is 12.4 Å². The molecule has 0 atom stereocenters. The monoisotopic (exact) mass is 614 g/mol. The SMILES string of the molecule is COC(=O)CCN(Cc1ccc(Br)cc1)C(=O)c1cccc(OCCN(Cc2ccccc2)Cc2ccccc2)c1. The minimum Gasteiger partial charge on any atom is -0.492 e. The fraction of sp³-hybridized carbons (Fsp3) is 0.235. The van der Waals surface area contributed by atoms with Gasteiger partial charge in [-0.1, -0.05) is 94.8 Å². The average molecular weight is 616 g/mol. The Morgan fingerprint density at radius 3 is 1.93 bits per heavy atom. The molecule has 4 rings (SSSR count). The molecule has 0 aromatic heterocycles. The Balaban J connectivity index is 1.41. The summed E-state index contributed by atoms with van der Waals surface area (Å²) in [5, 5.41) is 0. The van der Waals surface area contributed by atoms with E-state index in [1.54, 1.807) is 17.0 Å². The van der Waals surface area contributed by atoms with E-state index in [0.717, 1.165) is 29.7 Å². The minimum atomic E-state index is -0.355. The third kappa shape index (κ3) is 9.88. The smallest absolute Gasteiger partial charge is 0.307 e. The summed E-state index contributed by atoms with van der Waals surface area (Å²) < 4.78 is 11.9. The number of carbonyl (C=O) groups is 2. The number of ether oxygens (including phenoxy) is 2. The molecule has 4 aromatic rings. The van der Waals surface area contributed by atoms with Gasteiger partial charge in [-0.2, -0.15) is 0 Å². The molecule has 0 aliphatic rings. The van der Waals surface area contributed by atoms with Gasteiger partial charge < -0.3 is 14.4 Å². The number of benzene rings is 4. The number of halogens is 1. The number of carbonyl (C=O) groups excluding carboxylic acids is 2. The summed E-state index contributed by atoms with van der Waals surface area (Å²) in [6.07, 6.45) is 0.119. The van der Waals surface area contributed by atoms with Gasteiger partial charge in [0, 0.05) is 42.8 Å². The van der Waals surface area contributed by atoms with Crippen molar-refractivity contribution < 1.29 is 19.1 Å². The number of methoxy groups -OCH3 is 1. The number of hydrogen-bond donors (Lipinski definition) is 0. The van der Waals surface area contributed by atoms with Crippen LogP contribution in [0.4, 0.5) is 0 Å². The molecule has 0 fully saturated rings. The fourth-order valence-electron chi connectivity index (χ4n) is 4.48. The molecule has 0 saturated heterocycles. The van der Waals surface area contributed by atoms with Crippen molar-refractivity contribution in [3.05, 3.63) is 136 Å². The van der Waals surface area contributed by atoms with Crippen LogP contribution in [0.1, 0.15) is 33.5 Å². The van der Waals surface area contributed by atoms with E-state index >= 15 is 0 Å². The van der Waals surface area contributed by atoms with E-state index in [-0.39, 0.29) is 24.8 Å². The van der Waals surface area contributed by atoms with Crippen LogP contribution in [0.15, 0.2) is 114 Å². The second kappa shape index (κ2) is 15.7. The van der Waals surface area contributed by atoms with Crippen LogP contribution in [0.25, 0.3) is 0 Å². The van der Waals surface area contributed by atoms with Gasteiger partial charge in [0.25, 0.3) is 5.91 Å². The van der Waals surface area contributed by atoms with Gasteiger partial charge >= 0.3 is 5.97 Å². The Labute approximate surface area is 250 Å².